The van der Waals surface area contributed by atoms with E-state index in [9.17, 15) is 4.79 Å². The second-order valence-corrected chi connectivity index (χ2v) is 7.82. The lowest BCUT2D eigenvalue weighted by atomic mass is 9.92. The van der Waals surface area contributed by atoms with Crippen LogP contribution in [-0.4, -0.2) is 46.9 Å². The van der Waals surface area contributed by atoms with Crippen LogP contribution in [0.2, 0.25) is 0 Å². The first-order valence-electron chi connectivity index (χ1n) is 9.38. The molecule has 28 heavy (non-hydrogen) atoms. The Labute approximate surface area is 163 Å². The van der Waals surface area contributed by atoms with Gasteiger partial charge in [0.05, 0.1) is 30.1 Å². The van der Waals surface area contributed by atoms with E-state index in [0.717, 1.165) is 25.1 Å². The standard InChI is InChI=1S/C21H23N5O2/c22-9-14-1-4-17(5-2-14)28-18-7-15-11-26(13-21(15,24)8-18)12-20(27)19-6-3-16(23)10-25-19/h1-6,10,15,18H,7-8,11-13,23-24H2/t15-,18-,21-/m0/s1. The van der Waals surface area contributed by atoms with Crippen LogP contribution in [0.15, 0.2) is 42.6 Å². The second kappa shape index (κ2) is 7.23. The summed E-state index contributed by atoms with van der Waals surface area (Å²) in [6.07, 6.45) is 3.17. The number of likely N-dealkylation sites (tertiary alicyclic amines) is 1. The number of rotatable bonds is 5. The second-order valence-electron chi connectivity index (χ2n) is 7.82. The number of nitrogens with zero attached hydrogens (tertiary/aromatic N) is 3. The molecule has 144 valence electrons. The summed E-state index contributed by atoms with van der Waals surface area (Å²) in [4.78, 5) is 18.7. The highest BCUT2D eigenvalue weighted by molar-refractivity contribution is 5.96. The SMILES string of the molecule is N#Cc1ccc(O[C@H]2C[C@H]3CN(CC(=O)c4ccc(N)cn4)C[C@@]3(N)C2)cc1. The van der Waals surface area contributed by atoms with Crippen LogP contribution in [0, 0.1) is 17.2 Å². The molecule has 1 aromatic heterocycles. The molecule has 7 nitrogen and oxygen atoms in total. The number of hydrogen-bond donors (Lipinski definition) is 2. The summed E-state index contributed by atoms with van der Waals surface area (Å²) in [5.41, 5.74) is 13.5. The fourth-order valence-electron chi connectivity index (χ4n) is 4.33. The highest BCUT2D eigenvalue weighted by Crippen LogP contribution is 2.41. The zero-order valence-corrected chi connectivity index (χ0v) is 15.5. The lowest BCUT2D eigenvalue weighted by Gasteiger charge is -2.24. The van der Waals surface area contributed by atoms with Crippen molar-refractivity contribution in [2.75, 3.05) is 25.4 Å². The number of ether oxygens (including phenoxy) is 1. The first-order valence-corrected chi connectivity index (χ1v) is 9.38. The Hall–Kier alpha value is -2.95. The van der Waals surface area contributed by atoms with Gasteiger partial charge in [0, 0.05) is 25.0 Å². The third-order valence-electron chi connectivity index (χ3n) is 5.69. The van der Waals surface area contributed by atoms with Crippen LogP contribution in [-0.2, 0) is 0 Å². The topological polar surface area (TPSA) is 118 Å². The van der Waals surface area contributed by atoms with E-state index in [-0.39, 0.29) is 17.4 Å². The Balaban J connectivity index is 1.33. The van der Waals surface area contributed by atoms with Crippen LogP contribution in [0.3, 0.4) is 0 Å². The van der Waals surface area contributed by atoms with E-state index < -0.39 is 0 Å². The molecule has 1 aliphatic carbocycles. The van der Waals surface area contributed by atoms with E-state index in [1.54, 1.807) is 24.3 Å². The van der Waals surface area contributed by atoms with Gasteiger partial charge in [-0.2, -0.15) is 5.26 Å². The average molecular weight is 377 g/mol. The van der Waals surface area contributed by atoms with Crippen LogP contribution in [0.4, 0.5) is 5.69 Å². The molecule has 4 N–H and O–H groups in total. The fourth-order valence-corrected chi connectivity index (χ4v) is 4.33. The number of nitriles is 1. The Morgan fingerprint density at radius 2 is 2.11 bits per heavy atom. The number of benzene rings is 1. The zero-order chi connectivity index (χ0) is 19.7. The van der Waals surface area contributed by atoms with Crippen LogP contribution in [0.1, 0.15) is 28.9 Å². The number of hydrogen-bond acceptors (Lipinski definition) is 7. The molecule has 1 aromatic carbocycles. The van der Waals surface area contributed by atoms with Gasteiger partial charge in [0.25, 0.3) is 0 Å². The number of Topliss-reactive ketones (excluding diaryl/α,β-unsaturated/α-hetero) is 1. The van der Waals surface area contributed by atoms with Crippen molar-refractivity contribution in [3.8, 4) is 11.8 Å². The number of nitrogen functional groups attached to an aromatic ring is 1. The van der Waals surface area contributed by atoms with Gasteiger partial charge in [-0.05, 0) is 48.7 Å². The lowest BCUT2D eigenvalue weighted by Crippen LogP contribution is -2.45. The van der Waals surface area contributed by atoms with E-state index in [1.165, 1.54) is 6.20 Å². The van der Waals surface area contributed by atoms with Crippen molar-refractivity contribution in [3.05, 3.63) is 53.9 Å². The van der Waals surface area contributed by atoms with E-state index >= 15 is 0 Å². The Kier molecular flexibility index (Phi) is 4.75. The van der Waals surface area contributed by atoms with Crippen molar-refractivity contribution in [1.82, 2.24) is 9.88 Å². The third kappa shape index (κ3) is 3.70. The first kappa shape index (κ1) is 18.4. The molecule has 1 saturated carbocycles. The van der Waals surface area contributed by atoms with Crippen LogP contribution >= 0.6 is 0 Å². The van der Waals surface area contributed by atoms with Gasteiger partial charge in [0.15, 0.2) is 5.78 Å². The van der Waals surface area contributed by atoms with Crippen molar-refractivity contribution in [2.45, 2.75) is 24.5 Å². The molecule has 4 rings (SSSR count). The maximum Gasteiger partial charge on any atom is 0.195 e. The van der Waals surface area contributed by atoms with E-state index in [4.69, 9.17) is 21.5 Å². The maximum atomic E-state index is 12.5. The van der Waals surface area contributed by atoms with Gasteiger partial charge in [-0.1, -0.05) is 0 Å². The minimum Gasteiger partial charge on any atom is -0.490 e. The van der Waals surface area contributed by atoms with Crippen LogP contribution in [0.25, 0.3) is 0 Å². The van der Waals surface area contributed by atoms with Crippen LogP contribution in [0.5, 0.6) is 5.75 Å². The fraction of sp³-hybridized carbons (Fsp3) is 0.381. The summed E-state index contributed by atoms with van der Waals surface area (Å²) >= 11 is 0. The summed E-state index contributed by atoms with van der Waals surface area (Å²) in [5, 5.41) is 8.88. The molecule has 7 heteroatoms. The molecule has 0 spiro atoms. The number of ketones is 1. The Bertz CT molecular complexity index is 906. The summed E-state index contributed by atoms with van der Waals surface area (Å²) in [6, 6.07) is 12.6. The van der Waals surface area contributed by atoms with Crippen molar-refractivity contribution >= 4 is 11.5 Å². The molecule has 0 bridgehead atoms. The Morgan fingerprint density at radius 1 is 1.32 bits per heavy atom. The van der Waals surface area contributed by atoms with Gasteiger partial charge in [-0.25, -0.2) is 0 Å². The number of carbonyl (C=O) groups excluding carboxylic acids is 1. The molecule has 2 aromatic rings. The molecule has 0 unspecified atom stereocenters. The number of nitrogens with two attached hydrogens (primary N) is 2. The van der Waals surface area contributed by atoms with Crippen molar-refractivity contribution in [1.29, 1.82) is 5.26 Å². The smallest absolute Gasteiger partial charge is 0.195 e. The molecule has 0 radical (unpaired) electrons. The van der Waals surface area contributed by atoms with Gasteiger partial charge in [-0.3, -0.25) is 14.7 Å². The van der Waals surface area contributed by atoms with Gasteiger partial charge in [0.2, 0.25) is 0 Å². The summed E-state index contributed by atoms with van der Waals surface area (Å²) in [6.45, 7) is 1.77. The predicted octanol–water partition coefficient (Wildman–Crippen LogP) is 1.59. The van der Waals surface area contributed by atoms with Crippen molar-refractivity contribution in [2.24, 2.45) is 11.7 Å². The molecule has 2 fully saturated rings. The molecule has 3 atom stereocenters. The monoisotopic (exact) mass is 377 g/mol. The highest BCUT2D eigenvalue weighted by Gasteiger charge is 2.51. The molecule has 1 aliphatic heterocycles. The maximum absolute atomic E-state index is 12.5. The number of anilines is 1. The quantitative estimate of drug-likeness (QED) is 0.760. The number of carbonyl (C=O) groups is 1. The molecular formula is C21H23N5O2. The van der Waals surface area contributed by atoms with Gasteiger partial charge in [-0.15, -0.1) is 0 Å². The van der Waals surface area contributed by atoms with Crippen molar-refractivity contribution < 1.29 is 9.53 Å². The molecule has 2 aliphatic rings. The third-order valence-corrected chi connectivity index (χ3v) is 5.69. The summed E-state index contributed by atoms with van der Waals surface area (Å²) in [7, 11) is 0. The molecular weight excluding hydrogens is 354 g/mol. The molecule has 0 amide bonds. The number of fused-ring (bicyclic) bond motifs is 1. The molecule has 2 heterocycles. The van der Waals surface area contributed by atoms with Gasteiger partial charge in [0.1, 0.15) is 17.5 Å². The zero-order valence-electron chi connectivity index (χ0n) is 15.5. The highest BCUT2D eigenvalue weighted by atomic mass is 16.5. The predicted molar refractivity (Wildman–Crippen MR) is 105 cm³/mol. The van der Waals surface area contributed by atoms with Crippen molar-refractivity contribution in [3.63, 3.8) is 0 Å². The molecule has 1 saturated heterocycles. The van der Waals surface area contributed by atoms with E-state index in [2.05, 4.69) is 16.0 Å². The van der Waals surface area contributed by atoms with Gasteiger partial charge >= 0.3 is 0 Å². The van der Waals surface area contributed by atoms with Gasteiger partial charge < -0.3 is 16.2 Å². The Morgan fingerprint density at radius 3 is 2.75 bits per heavy atom. The number of aromatic nitrogens is 1. The van der Waals surface area contributed by atoms with E-state index in [0.29, 0.717) is 36.0 Å². The minimum atomic E-state index is -0.341. The van der Waals surface area contributed by atoms with E-state index in [1.807, 2.05) is 12.1 Å². The summed E-state index contributed by atoms with van der Waals surface area (Å²) in [5.74, 6) is 1.03. The average Bonchev–Trinajstić information content (AvgIpc) is 3.13. The van der Waals surface area contributed by atoms with Crippen LogP contribution < -0.4 is 16.2 Å². The first-order chi connectivity index (χ1) is 13.4. The number of pyridine rings is 1. The lowest BCUT2D eigenvalue weighted by molar-refractivity contribution is 0.0930. The summed E-state index contributed by atoms with van der Waals surface area (Å²) < 4.78 is 6.08. The largest absolute Gasteiger partial charge is 0.490 e. The minimum absolute atomic E-state index is 0.0195. The normalized spacial score (nSPS) is 26.6.